The average Bonchev–Trinajstić information content (AvgIpc) is 2.80. The van der Waals surface area contributed by atoms with Crippen LogP contribution in [0.25, 0.3) is 0 Å². The molecule has 0 aliphatic carbocycles. The van der Waals surface area contributed by atoms with E-state index in [9.17, 15) is 8.42 Å². The predicted molar refractivity (Wildman–Crippen MR) is 79.2 cm³/mol. The molecule has 6 heteroatoms. The number of nitrogens with two attached hydrogens (primary N) is 1. The number of ether oxygens (including phenoxy) is 1. The normalized spacial score (nSPS) is 23.9. The van der Waals surface area contributed by atoms with E-state index in [1.807, 2.05) is 13.8 Å². The van der Waals surface area contributed by atoms with Crippen LogP contribution in [0.5, 0.6) is 5.75 Å². The molecule has 1 saturated heterocycles. The van der Waals surface area contributed by atoms with E-state index in [2.05, 4.69) is 0 Å². The van der Waals surface area contributed by atoms with Gasteiger partial charge in [-0.05, 0) is 38.3 Å². The molecule has 2 N–H and O–H groups in total. The van der Waals surface area contributed by atoms with Gasteiger partial charge in [-0.15, -0.1) is 0 Å². The summed E-state index contributed by atoms with van der Waals surface area (Å²) in [6, 6.07) is 4.74. The quantitative estimate of drug-likeness (QED) is 0.865. The molecule has 0 bridgehead atoms. The number of hydrogen-bond donors (Lipinski definition) is 1. The van der Waals surface area contributed by atoms with Crippen LogP contribution in [0.2, 0.25) is 0 Å². The van der Waals surface area contributed by atoms with Gasteiger partial charge in [-0.1, -0.05) is 6.92 Å². The van der Waals surface area contributed by atoms with E-state index < -0.39 is 10.0 Å². The first-order chi connectivity index (χ1) is 9.41. The van der Waals surface area contributed by atoms with E-state index in [-0.39, 0.29) is 17.0 Å². The van der Waals surface area contributed by atoms with E-state index in [0.717, 1.165) is 19.3 Å². The summed E-state index contributed by atoms with van der Waals surface area (Å²) in [5.74, 6) is 0.394. The topological polar surface area (TPSA) is 72.6 Å². The fourth-order valence-electron chi connectivity index (χ4n) is 2.84. The molecule has 0 amide bonds. The van der Waals surface area contributed by atoms with E-state index >= 15 is 0 Å². The number of nitrogen functional groups attached to an aromatic ring is 1. The molecule has 20 heavy (non-hydrogen) atoms. The molecule has 1 aliphatic rings. The molecule has 2 atom stereocenters. The van der Waals surface area contributed by atoms with Gasteiger partial charge in [0.25, 0.3) is 0 Å². The summed E-state index contributed by atoms with van der Waals surface area (Å²) in [6.45, 7) is 3.98. The average molecular weight is 298 g/mol. The number of hydrogen-bond acceptors (Lipinski definition) is 4. The summed E-state index contributed by atoms with van der Waals surface area (Å²) in [4.78, 5) is 0.246. The summed E-state index contributed by atoms with van der Waals surface area (Å²) in [5.41, 5.74) is 6.18. The molecular formula is C14H22N2O3S. The molecular weight excluding hydrogens is 276 g/mol. The summed E-state index contributed by atoms with van der Waals surface area (Å²) in [7, 11) is -2.02. The Morgan fingerprint density at radius 1 is 1.40 bits per heavy atom. The third-order valence-electron chi connectivity index (χ3n) is 3.96. The van der Waals surface area contributed by atoms with Crippen molar-refractivity contribution in [3.63, 3.8) is 0 Å². The number of sulfonamides is 1. The smallest absolute Gasteiger partial charge is 0.243 e. The second-order valence-electron chi connectivity index (χ2n) is 5.23. The Morgan fingerprint density at radius 2 is 2.10 bits per heavy atom. The number of benzene rings is 1. The monoisotopic (exact) mass is 298 g/mol. The summed E-state index contributed by atoms with van der Waals surface area (Å²) in [6.07, 6.45) is 2.66. The Morgan fingerprint density at radius 3 is 2.70 bits per heavy atom. The van der Waals surface area contributed by atoms with Crippen molar-refractivity contribution in [1.82, 2.24) is 4.31 Å². The predicted octanol–water partition coefficient (Wildman–Crippen LogP) is 2.23. The van der Waals surface area contributed by atoms with Gasteiger partial charge in [0, 0.05) is 18.2 Å². The van der Waals surface area contributed by atoms with Crippen molar-refractivity contribution >= 4 is 15.7 Å². The summed E-state index contributed by atoms with van der Waals surface area (Å²) in [5, 5.41) is 0. The lowest BCUT2D eigenvalue weighted by molar-refractivity contribution is 0.328. The molecule has 1 aromatic carbocycles. The first-order valence-electron chi connectivity index (χ1n) is 6.88. The Hall–Kier alpha value is -1.27. The Balaban J connectivity index is 2.44. The minimum absolute atomic E-state index is 0.0356. The van der Waals surface area contributed by atoms with Crippen LogP contribution in [0.3, 0.4) is 0 Å². The highest BCUT2D eigenvalue weighted by Crippen LogP contribution is 2.34. The van der Waals surface area contributed by atoms with Crippen molar-refractivity contribution in [1.29, 1.82) is 0 Å². The second-order valence-corrected chi connectivity index (χ2v) is 7.07. The van der Waals surface area contributed by atoms with Crippen molar-refractivity contribution in [3.05, 3.63) is 18.2 Å². The Bertz CT molecular complexity index is 586. The first kappa shape index (κ1) is 15.1. The number of nitrogens with zero attached hydrogens (tertiary/aromatic N) is 1. The van der Waals surface area contributed by atoms with Crippen molar-refractivity contribution in [3.8, 4) is 5.75 Å². The lowest BCUT2D eigenvalue weighted by Crippen LogP contribution is -2.39. The molecule has 0 saturated carbocycles. The number of anilines is 1. The van der Waals surface area contributed by atoms with Crippen molar-refractivity contribution in [2.24, 2.45) is 0 Å². The minimum Gasteiger partial charge on any atom is -0.495 e. The lowest BCUT2D eigenvalue weighted by Gasteiger charge is -2.27. The molecule has 1 heterocycles. The van der Waals surface area contributed by atoms with E-state index in [4.69, 9.17) is 10.5 Å². The highest BCUT2D eigenvalue weighted by molar-refractivity contribution is 7.89. The Kier molecular flexibility index (Phi) is 4.25. The molecule has 5 nitrogen and oxygen atoms in total. The van der Waals surface area contributed by atoms with Crippen LogP contribution >= 0.6 is 0 Å². The van der Waals surface area contributed by atoms with Gasteiger partial charge in [-0.25, -0.2) is 8.42 Å². The van der Waals surface area contributed by atoms with E-state index in [1.165, 1.54) is 13.2 Å². The second kappa shape index (κ2) is 5.61. The molecule has 112 valence electrons. The zero-order chi connectivity index (χ0) is 14.9. The SMILES string of the molecule is CCC1CCC(C)N1S(=O)(=O)c1ccc(N)c(OC)c1. The van der Waals surface area contributed by atoms with Gasteiger partial charge < -0.3 is 10.5 Å². The molecule has 2 unspecified atom stereocenters. The van der Waals surface area contributed by atoms with Gasteiger partial charge in [0.1, 0.15) is 5.75 Å². The summed E-state index contributed by atoms with van der Waals surface area (Å²) < 4.78 is 32.4. The van der Waals surface area contributed by atoms with Gasteiger partial charge in [-0.3, -0.25) is 0 Å². The van der Waals surface area contributed by atoms with Crippen LogP contribution in [-0.2, 0) is 10.0 Å². The van der Waals surface area contributed by atoms with Crippen LogP contribution in [0, 0.1) is 0 Å². The fourth-order valence-corrected chi connectivity index (χ4v) is 4.80. The van der Waals surface area contributed by atoms with Crippen LogP contribution < -0.4 is 10.5 Å². The molecule has 1 fully saturated rings. The molecule has 0 radical (unpaired) electrons. The summed E-state index contributed by atoms with van der Waals surface area (Å²) >= 11 is 0. The van der Waals surface area contributed by atoms with Crippen LogP contribution in [0.1, 0.15) is 33.1 Å². The third kappa shape index (κ3) is 2.50. The highest BCUT2D eigenvalue weighted by Gasteiger charge is 2.39. The molecule has 1 aliphatic heterocycles. The van der Waals surface area contributed by atoms with Gasteiger partial charge in [0.2, 0.25) is 10.0 Å². The third-order valence-corrected chi connectivity index (χ3v) is 6.03. The standard InChI is InChI=1S/C14H22N2O3S/c1-4-11-6-5-10(2)16(11)20(17,18)12-7-8-13(15)14(9-12)19-3/h7-11H,4-6,15H2,1-3H3. The largest absolute Gasteiger partial charge is 0.495 e. The highest BCUT2D eigenvalue weighted by atomic mass is 32.2. The molecule has 0 aromatic heterocycles. The molecule has 1 aromatic rings. The maximum Gasteiger partial charge on any atom is 0.243 e. The van der Waals surface area contributed by atoms with Crippen LogP contribution in [0.4, 0.5) is 5.69 Å². The van der Waals surface area contributed by atoms with Crippen LogP contribution in [-0.4, -0.2) is 31.9 Å². The van der Waals surface area contributed by atoms with Crippen molar-refractivity contribution < 1.29 is 13.2 Å². The van der Waals surface area contributed by atoms with Gasteiger partial charge in [0.05, 0.1) is 17.7 Å². The van der Waals surface area contributed by atoms with Gasteiger partial charge in [-0.2, -0.15) is 4.31 Å². The zero-order valence-electron chi connectivity index (χ0n) is 12.2. The van der Waals surface area contributed by atoms with Gasteiger partial charge in [0.15, 0.2) is 0 Å². The van der Waals surface area contributed by atoms with E-state index in [0.29, 0.717) is 11.4 Å². The Labute approximate surface area is 120 Å². The van der Waals surface area contributed by atoms with Gasteiger partial charge >= 0.3 is 0 Å². The van der Waals surface area contributed by atoms with Crippen molar-refractivity contribution in [2.45, 2.75) is 50.1 Å². The van der Waals surface area contributed by atoms with Crippen LogP contribution in [0.15, 0.2) is 23.1 Å². The molecule has 0 spiro atoms. The maximum atomic E-state index is 12.8. The fraction of sp³-hybridized carbons (Fsp3) is 0.571. The maximum absolute atomic E-state index is 12.8. The molecule has 2 rings (SSSR count). The van der Waals surface area contributed by atoms with E-state index in [1.54, 1.807) is 16.4 Å². The number of rotatable bonds is 4. The lowest BCUT2D eigenvalue weighted by atomic mass is 10.2. The first-order valence-corrected chi connectivity index (χ1v) is 8.32. The zero-order valence-corrected chi connectivity index (χ0v) is 13.0. The number of methoxy groups -OCH3 is 1. The van der Waals surface area contributed by atoms with Crippen molar-refractivity contribution in [2.75, 3.05) is 12.8 Å². The minimum atomic E-state index is -3.50.